The first-order chi connectivity index (χ1) is 25.4. The maximum absolute atomic E-state index is 6.59. The van der Waals surface area contributed by atoms with Gasteiger partial charge in [-0.2, -0.15) is 17.2 Å². The van der Waals surface area contributed by atoms with Gasteiger partial charge in [0.1, 0.15) is 5.82 Å². The summed E-state index contributed by atoms with van der Waals surface area (Å²) in [7, 11) is 0. The van der Waals surface area contributed by atoms with Crippen LogP contribution in [0.25, 0.3) is 44.4 Å². The van der Waals surface area contributed by atoms with Gasteiger partial charge in [-0.15, -0.1) is 35.7 Å². The quantitative estimate of drug-likeness (QED) is 0.122. The maximum Gasteiger partial charge on any atom is 2.00 e. The van der Waals surface area contributed by atoms with Gasteiger partial charge in [-0.05, 0) is 147 Å². The minimum Gasteiger partial charge on any atom is -0.509 e. The number of pyridine rings is 1. The predicted molar refractivity (Wildman–Crippen MR) is 220 cm³/mol. The second-order valence-electron chi connectivity index (χ2n) is 15.7. The molecule has 3 heterocycles. The van der Waals surface area contributed by atoms with E-state index in [2.05, 4.69) is 133 Å². The summed E-state index contributed by atoms with van der Waals surface area (Å²) in [6, 6.07) is 30.0. The van der Waals surface area contributed by atoms with Crippen LogP contribution in [0.3, 0.4) is 0 Å². The average molecular weight is 896 g/mol. The molecule has 54 heavy (non-hydrogen) atoms. The van der Waals surface area contributed by atoms with Crippen molar-refractivity contribution in [2.75, 3.05) is 0 Å². The molecule has 0 N–H and O–H groups in total. The standard InChI is InChI=1S/C48H52N4O.Pt/c1-29(2)18-22-42-48(47-35(9)33(7)32(6)34(8)36(47)10)44(23-19-30(3)4)52(50-42)37-14-13-15-38(27-37)53-39-20-21-41-40-16-11-12-17-43(40)51(45(41)28-39)46-26-31(5)24-25-49-46;/h11-17,20-21,24-26,29-30H,18-19,22-23H2,1-10H3;/q-2;+2. The molecule has 3 aromatic heterocycles. The monoisotopic (exact) mass is 895 g/mol. The van der Waals surface area contributed by atoms with Crippen LogP contribution in [-0.4, -0.2) is 19.3 Å². The molecule has 4 aromatic carbocycles. The number of benzene rings is 4. The molecule has 0 aliphatic heterocycles. The number of hydrogen-bond donors (Lipinski definition) is 0. The Kier molecular flexibility index (Phi) is 11.7. The van der Waals surface area contributed by atoms with Crippen molar-refractivity contribution >= 4 is 21.8 Å². The maximum atomic E-state index is 6.59. The Morgan fingerprint density at radius 3 is 2.04 bits per heavy atom. The van der Waals surface area contributed by atoms with E-state index in [0.717, 1.165) is 64.6 Å². The van der Waals surface area contributed by atoms with E-state index in [1.165, 1.54) is 50.3 Å². The molecule has 0 aliphatic carbocycles. The molecule has 5 nitrogen and oxygen atoms in total. The second-order valence-corrected chi connectivity index (χ2v) is 15.7. The van der Waals surface area contributed by atoms with Gasteiger partial charge in [0.15, 0.2) is 0 Å². The van der Waals surface area contributed by atoms with Crippen molar-refractivity contribution in [3.05, 3.63) is 130 Å². The SMILES string of the molecule is Cc1ccnc(-n2c3[c-]c(Oc4[c-]c(-n5nc(CCC(C)C)c(-c6c(C)c(C)c(C)c(C)c6C)c5CCC(C)C)ccc4)ccc3c3ccccc32)c1.[Pt+2]. The Hall–Kier alpha value is -4.47. The Balaban J connectivity index is 0.00000497. The van der Waals surface area contributed by atoms with Gasteiger partial charge >= 0.3 is 21.1 Å². The molecule has 280 valence electrons. The summed E-state index contributed by atoms with van der Waals surface area (Å²) in [6.07, 6.45) is 5.86. The van der Waals surface area contributed by atoms with Gasteiger partial charge < -0.3 is 9.30 Å². The van der Waals surface area contributed by atoms with Crippen molar-refractivity contribution in [1.82, 2.24) is 19.3 Å². The van der Waals surface area contributed by atoms with Crippen LogP contribution in [0.4, 0.5) is 0 Å². The number of nitrogens with zero attached hydrogens (tertiary/aromatic N) is 4. The van der Waals surface area contributed by atoms with Crippen molar-refractivity contribution in [1.29, 1.82) is 0 Å². The summed E-state index contributed by atoms with van der Waals surface area (Å²) in [5.41, 5.74) is 16.0. The van der Waals surface area contributed by atoms with Crippen molar-refractivity contribution in [3.8, 4) is 34.1 Å². The first-order valence-corrected chi connectivity index (χ1v) is 19.2. The van der Waals surface area contributed by atoms with Gasteiger partial charge in [0.25, 0.3) is 0 Å². The normalized spacial score (nSPS) is 11.6. The molecule has 7 rings (SSSR count). The van der Waals surface area contributed by atoms with Gasteiger partial charge in [-0.3, -0.25) is 4.68 Å². The smallest absolute Gasteiger partial charge is 0.509 e. The molecular weight excluding hydrogens is 844 g/mol. The van der Waals surface area contributed by atoms with Crippen LogP contribution in [0.5, 0.6) is 11.5 Å². The minimum absolute atomic E-state index is 0. The summed E-state index contributed by atoms with van der Waals surface area (Å²) in [5, 5.41) is 7.71. The van der Waals surface area contributed by atoms with E-state index in [4.69, 9.17) is 14.8 Å². The van der Waals surface area contributed by atoms with E-state index in [1.54, 1.807) is 0 Å². The zero-order valence-corrected chi connectivity index (χ0v) is 35.7. The summed E-state index contributed by atoms with van der Waals surface area (Å²) in [5.74, 6) is 3.24. The third-order valence-electron chi connectivity index (χ3n) is 11.1. The molecule has 6 heteroatoms. The van der Waals surface area contributed by atoms with Gasteiger partial charge in [0, 0.05) is 34.5 Å². The van der Waals surface area contributed by atoms with Crippen LogP contribution < -0.4 is 4.74 Å². The fraction of sp³-hybridized carbons (Fsp3) is 0.333. The Labute approximate surface area is 336 Å². The summed E-state index contributed by atoms with van der Waals surface area (Å²) >= 11 is 0. The first-order valence-electron chi connectivity index (χ1n) is 19.2. The predicted octanol–water partition coefficient (Wildman–Crippen LogP) is 12.4. The number of rotatable bonds is 11. The Morgan fingerprint density at radius 2 is 1.33 bits per heavy atom. The third kappa shape index (κ3) is 7.45. The summed E-state index contributed by atoms with van der Waals surface area (Å²) in [6.45, 7) is 22.7. The zero-order chi connectivity index (χ0) is 37.6. The van der Waals surface area contributed by atoms with Crippen LogP contribution in [0.2, 0.25) is 0 Å². The molecule has 0 unspecified atom stereocenters. The van der Waals surface area contributed by atoms with Crippen molar-refractivity contribution in [2.45, 2.75) is 94.9 Å². The molecule has 7 aromatic rings. The van der Waals surface area contributed by atoms with Crippen LogP contribution >= 0.6 is 0 Å². The Bertz CT molecular complexity index is 2440. The van der Waals surface area contributed by atoms with E-state index >= 15 is 0 Å². The first kappa shape index (κ1) is 39.2. The second kappa shape index (κ2) is 16.1. The number of ether oxygens (including phenoxy) is 1. The number of fused-ring (bicyclic) bond motifs is 3. The molecular formula is C48H52N4OPt. The number of para-hydroxylation sites is 1. The van der Waals surface area contributed by atoms with Crippen LogP contribution in [0, 0.1) is 65.5 Å². The van der Waals surface area contributed by atoms with Gasteiger partial charge in [0.2, 0.25) is 0 Å². The van der Waals surface area contributed by atoms with Crippen molar-refractivity contribution < 1.29 is 25.8 Å². The molecule has 0 amide bonds. The van der Waals surface area contributed by atoms with Gasteiger partial charge in [-0.25, -0.2) is 4.98 Å². The molecule has 0 fully saturated rings. The van der Waals surface area contributed by atoms with Crippen LogP contribution in [-0.2, 0) is 33.9 Å². The summed E-state index contributed by atoms with van der Waals surface area (Å²) < 4.78 is 10.9. The Morgan fingerprint density at radius 1 is 0.667 bits per heavy atom. The fourth-order valence-corrected chi connectivity index (χ4v) is 7.68. The molecule has 0 spiro atoms. The zero-order valence-electron chi connectivity index (χ0n) is 33.4. The van der Waals surface area contributed by atoms with Crippen molar-refractivity contribution in [2.24, 2.45) is 11.8 Å². The van der Waals surface area contributed by atoms with Crippen LogP contribution in [0.15, 0.2) is 72.9 Å². The van der Waals surface area contributed by atoms with E-state index in [9.17, 15) is 0 Å². The number of aromatic nitrogens is 4. The molecule has 0 radical (unpaired) electrons. The minimum atomic E-state index is 0. The largest absolute Gasteiger partial charge is 2.00 e. The molecule has 0 bridgehead atoms. The number of hydrogen-bond acceptors (Lipinski definition) is 3. The van der Waals surface area contributed by atoms with Gasteiger partial charge in [-0.1, -0.05) is 51.4 Å². The average Bonchev–Trinajstić information content (AvgIpc) is 3.66. The van der Waals surface area contributed by atoms with E-state index in [1.807, 2.05) is 30.5 Å². The summed E-state index contributed by atoms with van der Waals surface area (Å²) in [4.78, 5) is 4.74. The molecule has 0 atom stereocenters. The van der Waals surface area contributed by atoms with E-state index in [-0.39, 0.29) is 21.1 Å². The van der Waals surface area contributed by atoms with Crippen molar-refractivity contribution in [3.63, 3.8) is 0 Å². The fourth-order valence-electron chi connectivity index (χ4n) is 7.68. The van der Waals surface area contributed by atoms with Crippen LogP contribution in [0.1, 0.15) is 85.3 Å². The van der Waals surface area contributed by atoms with Gasteiger partial charge in [0.05, 0.1) is 5.69 Å². The van der Waals surface area contributed by atoms with E-state index < -0.39 is 0 Å². The van der Waals surface area contributed by atoms with E-state index in [0.29, 0.717) is 23.3 Å². The molecule has 0 aliphatic rings. The molecule has 0 saturated heterocycles. The number of aryl methyl sites for hydroxylation is 2. The third-order valence-corrected chi connectivity index (χ3v) is 11.1. The topological polar surface area (TPSA) is 44.9 Å². The molecule has 0 saturated carbocycles.